The van der Waals surface area contributed by atoms with Crippen LogP contribution in [0.25, 0.3) is 0 Å². The number of likely N-dealkylation sites (tertiary alicyclic amines) is 1. The van der Waals surface area contributed by atoms with Gasteiger partial charge in [-0.25, -0.2) is 0 Å². The summed E-state index contributed by atoms with van der Waals surface area (Å²) >= 11 is 0. The van der Waals surface area contributed by atoms with Crippen molar-refractivity contribution < 1.29 is 17.9 Å². The van der Waals surface area contributed by atoms with Crippen molar-refractivity contribution >= 4 is 0 Å². The van der Waals surface area contributed by atoms with E-state index in [2.05, 4.69) is 21.8 Å². The van der Waals surface area contributed by atoms with Crippen LogP contribution in [0, 0.1) is 5.41 Å². The van der Waals surface area contributed by atoms with Crippen LogP contribution in [-0.4, -0.2) is 37.0 Å². The number of ether oxygens (including phenoxy) is 1. The monoisotopic (exact) mass is 316 g/mol. The summed E-state index contributed by atoms with van der Waals surface area (Å²) in [5.41, 5.74) is 8.35. The Morgan fingerprint density at radius 2 is 1.86 bits per heavy atom. The second-order valence-electron chi connectivity index (χ2n) is 6.77. The quantitative estimate of drug-likeness (QED) is 0.868. The molecule has 22 heavy (non-hydrogen) atoms. The first-order valence-electron chi connectivity index (χ1n) is 7.97. The van der Waals surface area contributed by atoms with Crippen molar-refractivity contribution in [2.45, 2.75) is 51.0 Å². The molecule has 3 nitrogen and oxygen atoms in total. The number of rotatable bonds is 3. The maximum Gasteiger partial charge on any atom is 0.522 e. The summed E-state index contributed by atoms with van der Waals surface area (Å²) < 4.78 is 40.7. The van der Waals surface area contributed by atoms with E-state index in [4.69, 9.17) is 5.73 Å². The van der Waals surface area contributed by atoms with Crippen LogP contribution >= 0.6 is 0 Å². The summed E-state index contributed by atoms with van der Waals surface area (Å²) in [4.78, 5) is 2.38. The summed E-state index contributed by atoms with van der Waals surface area (Å²) in [7, 11) is 0. The lowest BCUT2D eigenvalue weighted by atomic mass is 9.61. The van der Waals surface area contributed by atoms with Gasteiger partial charge in [-0.1, -0.05) is 11.6 Å². The number of nitrogens with two attached hydrogens (primary N) is 1. The minimum Gasteiger partial charge on any atom is -0.375 e. The third-order valence-electron chi connectivity index (χ3n) is 5.33. The van der Waals surface area contributed by atoms with E-state index in [0.29, 0.717) is 19.4 Å². The summed E-state index contributed by atoms with van der Waals surface area (Å²) in [6, 6.07) is 0. The highest BCUT2D eigenvalue weighted by Gasteiger charge is 2.50. The predicted molar refractivity (Wildman–Crippen MR) is 77.9 cm³/mol. The van der Waals surface area contributed by atoms with Gasteiger partial charge in [-0.2, -0.15) is 0 Å². The fourth-order valence-electron chi connectivity index (χ4n) is 3.96. The minimum atomic E-state index is -4.49. The third-order valence-corrected chi connectivity index (χ3v) is 5.33. The average Bonchev–Trinajstić information content (AvgIpc) is 2.45. The van der Waals surface area contributed by atoms with Gasteiger partial charge in [-0.3, -0.25) is 4.74 Å². The van der Waals surface area contributed by atoms with Gasteiger partial charge in [-0.05, 0) is 50.0 Å². The van der Waals surface area contributed by atoms with Crippen molar-refractivity contribution in [1.82, 2.24) is 4.90 Å². The highest BCUT2D eigenvalue weighted by atomic mass is 19.4. The predicted octanol–water partition coefficient (Wildman–Crippen LogP) is 3.33. The van der Waals surface area contributed by atoms with E-state index in [1.165, 1.54) is 11.3 Å². The van der Waals surface area contributed by atoms with Crippen LogP contribution in [0.1, 0.15) is 38.5 Å². The molecular weight excluding hydrogens is 293 g/mol. The van der Waals surface area contributed by atoms with E-state index in [0.717, 1.165) is 38.8 Å². The number of halogens is 3. The molecule has 2 aliphatic carbocycles. The molecule has 0 atom stereocenters. The maximum atomic E-state index is 12.2. The van der Waals surface area contributed by atoms with E-state index in [9.17, 15) is 13.2 Å². The van der Waals surface area contributed by atoms with Crippen LogP contribution in [0.3, 0.4) is 0 Å². The molecule has 2 N–H and O–H groups in total. The molecule has 0 radical (unpaired) electrons. The van der Waals surface area contributed by atoms with Crippen LogP contribution in [0.4, 0.5) is 13.2 Å². The van der Waals surface area contributed by atoms with Crippen molar-refractivity contribution in [2.75, 3.05) is 19.6 Å². The maximum absolute atomic E-state index is 12.2. The normalized spacial score (nSPS) is 25.7. The topological polar surface area (TPSA) is 38.5 Å². The first-order valence-corrected chi connectivity index (χ1v) is 7.97. The standard InChI is InChI=1S/C16H23F3N2O/c17-16(18,19)22-14-9-15(10-14)5-7-21(8-6-15)13-3-1-12(11-20)2-4-13/h1,3,14H,2,4-11,20H2. The van der Waals surface area contributed by atoms with Gasteiger partial charge in [0.05, 0.1) is 6.10 Å². The summed E-state index contributed by atoms with van der Waals surface area (Å²) in [6.07, 6.45) is 4.22. The summed E-state index contributed by atoms with van der Waals surface area (Å²) in [6.45, 7) is 2.50. The molecule has 1 heterocycles. The zero-order valence-corrected chi connectivity index (χ0v) is 12.7. The van der Waals surface area contributed by atoms with E-state index in [1.807, 2.05) is 0 Å². The van der Waals surface area contributed by atoms with Crippen LogP contribution in [0.15, 0.2) is 23.4 Å². The SMILES string of the molecule is NCC1=CC=C(N2CCC3(CC2)CC(OC(F)(F)F)C3)CC1. The molecule has 3 aliphatic rings. The first-order chi connectivity index (χ1) is 10.4. The lowest BCUT2D eigenvalue weighted by Gasteiger charge is -2.52. The fourth-order valence-corrected chi connectivity index (χ4v) is 3.96. The molecule has 6 heteroatoms. The number of alkyl halides is 3. The van der Waals surface area contributed by atoms with Gasteiger partial charge in [0.25, 0.3) is 0 Å². The minimum absolute atomic E-state index is 0.0832. The zero-order chi connectivity index (χ0) is 15.8. The molecule has 0 aromatic heterocycles. The van der Waals surface area contributed by atoms with Crippen molar-refractivity contribution in [1.29, 1.82) is 0 Å². The Bertz CT molecular complexity index is 468. The molecule has 1 spiro atoms. The molecule has 1 aliphatic heterocycles. The Hall–Kier alpha value is -1.01. The Labute approximate surface area is 129 Å². The van der Waals surface area contributed by atoms with E-state index >= 15 is 0 Å². The molecule has 0 aromatic carbocycles. The van der Waals surface area contributed by atoms with Gasteiger partial charge in [0.15, 0.2) is 0 Å². The molecule has 2 fully saturated rings. The summed E-state index contributed by atoms with van der Waals surface area (Å²) in [5, 5.41) is 0. The van der Waals surface area contributed by atoms with Crippen molar-refractivity contribution in [2.24, 2.45) is 11.1 Å². The van der Waals surface area contributed by atoms with Crippen LogP contribution < -0.4 is 5.73 Å². The average molecular weight is 316 g/mol. The van der Waals surface area contributed by atoms with E-state index in [-0.39, 0.29) is 5.41 Å². The van der Waals surface area contributed by atoms with Gasteiger partial charge >= 0.3 is 6.36 Å². The number of hydrogen-bond donors (Lipinski definition) is 1. The van der Waals surface area contributed by atoms with Gasteiger partial charge in [-0.15, -0.1) is 13.2 Å². The lowest BCUT2D eigenvalue weighted by molar-refractivity contribution is -0.360. The molecule has 0 amide bonds. The van der Waals surface area contributed by atoms with E-state index in [1.54, 1.807) is 0 Å². The van der Waals surface area contributed by atoms with Crippen LogP contribution in [0.5, 0.6) is 0 Å². The molecule has 0 aromatic rings. The van der Waals surface area contributed by atoms with Crippen molar-refractivity contribution in [3.05, 3.63) is 23.4 Å². The molecule has 0 unspecified atom stereocenters. The zero-order valence-electron chi connectivity index (χ0n) is 12.7. The van der Waals surface area contributed by atoms with Gasteiger partial charge < -0.3 is 10.6 Å². The van der Waals surface area contributed by atoms with Gasteiger partial charge in [0.1, 0.15) is 0 Å². The molecular formula is C16H23F3N2O. The smallest absolute Gasteiger partial charge is 0.375 e. The Balaban J connectivity index is 1.48. The molecule has 3 rings (SSSR count). The second-order valence-corrected chi connectivity index (χ2v) is 6.77. The van der Waals surface area contributed by atoms with Crippen LogP contribution in [0.2, 0.25) is 0 Å². The van der Waals surface area contributed by atoms with Gasteiger partial charge in [0.2, 0.25) is 0 Å². The first kappa shape index (κ1) is 15.9. The fraction of sp³-hybridized carbons (Fsp3) is 0.750. The highest BCUT2D eigenvalue weighted by Crippen LogP contribution is 2.52. The molecule has 1 saturated heterocycles. The number of allylic oxidation sites excluding steroid dienone is 3. The summed E-state index contributed by atoms with van der Waals surface area (Å²) in [5.74, 6) is 0. The highest BCUT2D eigenvalue weighted by molar-refractivity contribution is 5.24. The number of hydrogen-bond acceptors (Lipinski definition) is 3. The Kier molecular flexibility index (Phi) is 4.25. The van der Waals surface area contributed by atoms with Crippen molar-refractivity contribution in [3.63, 3.8) is 0 Å². The largest absolute Gasteiger partial charge is 0.522 e. The Morgan fingerprint density at radius 1 is 1.18 bits per heavy atom. The molecule has 1 saturated carbocycles. The number of piperidine rings is 1. The van der Waals surface area contributed by atoms with Crippen molar-refractivity contribution in [3.8, 4) is 0 Å². The van der Waals surface area contributed by atoms with Crippen LogP contribution in [-0.2, 0) is 4.74 Å². The second kappa shape index (κ2) is 5.89. The number of nitrogens with zero attached hydrogens (tertiary/aromatic N) is 1. The Morgan fingerprint density at radius 3 is 2.36 bits per heavy atom. The van der Waals surface area contributed by atoms with Gasteiger partial charge in [0, 0.05) is 25.3 Å². The molecule has 124 valence electrons. The van der Waals surface area contributed by atoms with E-state index < -0.39 is 12.5 Å². The third kappa shape index (κ3) is 3.49. The lowest BCUT2D eigenvalue weighted by Crippen LogP contribution is -2.50. The molecule has 0 bridgehead atoms.